The summed E-state index contributed by atoms with van der Waals surface area (Å²) in [5.74, 6) is -0.802. The number of rotatable bonds is 5. The summed E-state index contributed by atoms with van der Waals surface area (Å²) in [6.45, 7) is 2.87. The highest BCUT2D eigenvalue weighted by Gasteiger charge is 2.05. The van der Waals surface area contributed by atoms with Crippen molar-refractivity contribution in [3.8, 4) is 0 Å². The van der Waals surface area contributed by atoms with Crippen LogP contribution in [0.2, 0.25) is 0 Å². The van der Waals surface area contributed by atoms with E-state index >= 15 is 0 Å². The van der Waals surface area contributed by atoms with E-state index in [9.17, 15) is 8.78 Å². The van der Waals surface area contributed by atoms with Gasteiger partial charge < -0.3 is 11.1 Å². The third kappa shape index (κ3) is 3.93. The quantitative estimate of drug-likeness (QED) is 0.784. The first-order valence-corrected chi connectivity index (χ1v) is 5.01. The summed E-state index contributed by atoms with van der Waals surface area (Å²) in [5.41, 5.74) is 5.72. The van der Waals surface area contributed by atoms with Crippen LogP contribution >= 0.6 is 0 Å². The van der Waals surface area contributed by atoms with Gasteiger partial charge >= 0.3 is 0 Å². The molecule has 2 nitrogen and oxygen atoms in total. The van der Waals surface area contributed by atoms with Gasteiger partial charge in [-0.05, 0) is 38.1 Å². The Kier molecular flexibility index (Phi) is 4.65. The zero-order valence-electron chi connectivity index (χ0n) is 8.76. The molecule has 1 aromatic carbocycles. The molecule has 0 aromatic heterocycles. The molecule has 3 N–H and O–H groups in total. The Labute approximate surface area is 88.5 Å². The Morgan fingerprint density at radius 2 is 2.13 bits per heavy atom. The van der Waals surface area contributed by atoms with Crippen molar-refractivity contribution in [2.45, 2.75) is 25.9 Å². The Morgan fingerprint density at radius 3 is 2.80 bits per heavy atom. The average molecular weight is 214 g/mol. The van der Waals surface area contributed by atoms with Crippen LogP contribution in [0.1, 0.15) is 18.9 Å². The number of nitrogens with one attached hydrogen (secondary N) is 1. The van der Waals surface area contributed by atoms with E-state index in [-0.39, 0.29) is 11.9 Å². The molecule has 0 aliphatic carbocycles. The maximum Gasteiger partial charge on any atom is 0.127 e. The molecule has 1 rings (SSSR count). The summed E-state index contributed by atoms with van der Waals surface area (Å²) in [6, 6.07) is 3.66. The molecule has 1 aromatic rings. The summed E-state index contributed by atoms with van der Waals surface area (Å²) in [7, 11) is 0. The highest BCUT2D eigenvalue weighted by atomic mass is 19.1. The van der Waals surface area contributed by atoms with E-state index < -0.39 is 5.82 Å². The van der Waals surface area contributed by atoms with Crippen LogP contribution in [-0.2, 0) is 6.54 Å². The molecule has 1 unspecified atom stereocenters. The van der Waals surface area contributed by atoms with Crippen molar-refractivity contribution < 1.29 is 8.78 Å². The van der Waals surface area contributed by atoms with Crippen molar-refractivity contribution >= 4 is 0 Å². The fourth-order valence-corrected chi connectivity index (χ4v) is 1.32. The average Bonchev–Trinajstić information content (AvgIpc) is 2.20. The van der Waals surface area contributed by atoms with E-state index in [1.807, 2.05) is 6.92 Å². The first-order valence-electron chi connectivity index (χ1n) is 5.01. The number of hydrogen-bond acceptors (Lipinski definition) is 2. The monoisotopic (exact) mass is 214 g/mol. The molecule has 0 radical (unpaired) electrons. The maximum atomic E-state index is 13.2. The first-order chi connectivity index (χ1) is 7.13. The van der Waals surface area contributed by atoms with Crippen molar-refractivity contribution in [3.05, 3.63) is 35.4 Å². The second-order valence-corrected chi connectivity index (χ2v) is 3.60. The van der Waals surface area contributed by atoms with Gasteiger partial charge in [-0.25, -0.2) is 8.78 Å². The largest absolute Gasteiger partial charge is 0.330 e. The third-order valence-electron chi connectivity index (χ3n) is 2.25. The molecule has 0 aliphatic rings. The maximum absolute atomic E-state index is 13.2. The summed E-state index contributed by atoms with van der Waals surface area (Å²) < 4.78 is 26.0. The minimum atomic E-state index is -0.417. The van der Waals surface area contributed by atoms with E-state index in [4.69, 9.17) is 5.73 Å². The molecule has 0 heterocycles. The summed E-state index contributed by atoms with van der Waals surface area (Å²) in [5, 5.41) is 3.08. The van der Waals surface area contributed by atoms with Crippen molar-refractivity contribution in [2.75, 3.05) is 6.54 Å². The Morgan fingerprint density at radius 1 is 1.40 bits per heavy atom. The summed E-state index contributed by atoms with van der Waals surface area (Å²) in [6.07, 6.45) is 0.816. The van der Waals surface area contributed by atoms with Gasteiger partial charge in [0.15, 0.2) is 0 Å². The molecule has 0 fully saturated rings. The SMILES string of the molecule is CC(CCN)NCc1cc(F)ccc1F. The normalized spacial score (nSPS) is 12.8. The molecule has 1 atom stereocenters. The standard InChI is InChI=1S/C11H16F2N2/c1-8(4-5-14)15-7-9-6-10(12)2-3-11(9)13/h2-3,6,8,15H,4-5,7,14H2,1H3. The number of hydrogen-bond donors (Lipinski definition) is 2. The van der Waals surface area contributed by atoms with E-state index in [0.717, 1.165) is 18.6 Å². The van der Waals surface area contributed by atoms with Crippen LogP contribution in [0.25, 0.3) is 0 Å². The predicted molar refractivity (Wildman–Crippen MR) is 56.3 cm³/mol. The topological polar surface area (TPSA) is 38.0 Å². The van der Waals surface area contributed by atoms with Crippen LogP contribution in [0.4, 0.5) is 8.78 Å². The minimum absolute atomic E-state index is 0.206. The van der Waals surface area contributed by atoms with Gasteiger partial charge in [-0.2, -0.15) is 0 Å². The van der Waals surface area contributed by atoms with Crippen LogP contribution in [0.5, 0.6) is 0 Å². The molecule has 4 heteroatoms. The zero-order chi connectivity index (χ0) is 11.3. The lowest BCUT2D eigenvalue weighted by atomic mass is 10.1. The number of nitrogens with two attached hydrogens (primary N) is 1. The molecule has 0 spiro atoms. The van der Waals surface area contributed by atoms with Crippen LogP contribution in [-0.4, -0.2) is 12.6 Å². The van der Waals surface area contributed by atoms with Gasteiger partial charge in [0.2, 0.25) is 0 Å². The number of benzene rings is 1. The lowest BCUT2D eigenvalue weighted by Crippen LogP contribution is -2.28. The van der Waals surface area contributed by atoms with Crippen molar-refractivity contribution in [1.29, 1.82) is 0 Å². The lowest BCUT2D eigenvalue weighted by molar-refractivity contribution is 0.502. The molecule has 0 saturated carbocycles. The van der Waals surface area contributed by atoms with Gasteiger partial charge in [0.05, 0.1) is 0 Å². The van der Waals surface area contributed by atoms with Crippen LogP contribution in [0, 0.1) is 11.6 Å². The minimum Gasteiger partial charge on any atom is -0.330 e. The van der Waals surface area contributed by atoms with Crippen molar-refractivity contribution in [2.24, 2.45) is 5.73 Å². The molecule has 0 amide bonds. The van der Waals surface area contributed by atoms with E-state index in [1.54, 1.807) is 0 Å². The van der Waals surface area contributed by atoms with E-state index in [2.05, 4.69) is 5.32 Å². The molecular weight excluding hydrogens is 198 g/mol. The Hall–Kier alpha value is -1.00. The third-order valence-corrected chi connectivity index (χ3v) is 2.25. The van der Waals surface area contributed by atoms with Crippen molar-refractivity contribution in [1.82, 2.24) is 5.32 Å². The van der Waals surface area contributed by atoms with Gasteiger partial charge in [-0.15, -0.1) is 0 Å². The fourth-order valence-electron chi connectivity index (χ4n) is 1.32. The second-order valence-electron chi connectivity index (χ2n) is 3.60. The van der Waals surface area contributed by atoms with Gasteiger partial charge in [0.25, 0.3) is 0 Å². The van der Waals surface area contributed by atoms with Crippen LogP contribution in [0.15, 0.2) is 18.2 Å². The van der Waals surface area contributed by atoms with E-state index in [0.29, 0.717) is 18.7 Å². The lowest BCUT2D eigenvalue weighted by Gasteiger charge is -2.12. The van der Waals surface area contributed by atoms with Crippen molar-refractivity contribution in [3.63, 3.8) is 0 Å². The molecule has 15 heavy (non-hydrogen) atoms. The molecule has 0 aliphatic heterocycles. The highest BCUT2D eigenvalue weighted by molar-refractivity contribution is 5.18. The predicted octanol–water partition coefficient (Wildman–Crippen LogP) is 1.79. The zero-order valence-corrected chi connectivity index (χ0v) is 8.76. The van der Waals surface area contributed by atoms with Gasteiger partial charge in [0, 0.05) is 18.2 Å². The molecule has 0 bridgehead atoms. The van der Waals surface area contributed by atoms with E-state index in [1.165, 1.54) is 6.07 Å². The number of halogens is 2. The van der Waals surface area contributed by atoms with Crippen LogP contribution < -0.4 is 11.1 Å². The smallest absolute Gasteiger partial charge is 0.127 e. The van der Waals surface area contributed by atoms with Crippen LogP contribution in [0.3, 0.4) is 0 Å². The summed E-state index contributed by atoms with van der Waals surface area (Å²) in [4.78, 5) is 0. The Bertz CT molecular complexity index is 315. The molecule has 0 saturated heterocycles. The molecular formula is C11H16F2N2. The van der Waals surface area contributed by atoms with Gasteiger partial charge in [-0.3, -0.25) is 0 Å². The highest BCUT2D eigenvalue weighted by Crippen LogP contribution is 2.09. The first kappa shape index (κ1) is 12.1. The van der Waals surface area contributed by atoms with Gasteiger partial charge in [0.1, 0.15) is 11.6 Å². The Balaban J connectivity index is 2.53. The second kappa shape index (κ2) is 5.78. The summed E-state index contributed by atoms with van der Waals surface area (Å²) >= 11 is 0. The molecule has 84 valence electrons. The van der Waals surface area contributed by atoms with Gasteiger partial charge in [-0.1, -0.05) is 0 Å². The fraction of sp³-hybridized carbons (Fsp3) is 0.455.